The second-order valence-corrected chi connectivity index (χ2v) is 4.84. The van der Waals surface area contributed by atoms with Crippen LogP contribution in [0.5, 0.6) is 0 Å². The Hall–Kier alpha value is -2.92. The van der Waals surface area contributed by atoms with E-state index in [-0.39, 0.29) is 11.3 Å². The van der Waals surface area contributed by atoms with Crippen molar-refractivity contribution in [3.8, 4) is 0 Å². The zero-order valence-electron chi connectivity index (χ0n) is 11.5. The van der Waals surface area contributed by atoms with Crippen LogP contribution in [0.25, 0.3) is 5.76 Å². The minimum absolute atomic E-state index is 0.306. The van der Waals surface area contributed by atoms with Crippen LogP contribution in [0.2, 0.25) is 0 Å². The molecule has 0 aliphatic carbocycles. The highest BCUT2D eigenvalue weighted by Crippen LogP contribution is 2.31. The lowest BCUT2D eigenvalue weighted by Gasteiger charge is -2.19. The zero-order valence-corrected chi connectivity index (χ0v) is 11.5. The summed E-state index contributed by atoms with van der Waals surface area (Å²) in [6.07, 6.45) is -1.51. The third-order valence-electron chi connectivity index (χ3n) is 3.50. The van der Waals surface area contributed by atoms with Gasteiger partial charge in [0.1, 0.15) is 5.76 Å². The fourth-order valence-corrected chi connectivity index (χ4v) is 2.41. The third-order valence-corrected chi connectivity index (χ3v) is 3.50. The molecule has 1 amide bonds. The molecule has 0 radical (unpaired) electrons. The summed E-state index contributed by atoms with van der Waals surface area (Å²) in [6.45, 7) is 0. The quantitative estimate of drug-likeness (QED) is 0.504. The zero-order chi connectivity index (χ0) is 15.7. The van der Waals surface area contributed by atoms with Gasteiger partial charge in [-0.3, -0.25) is 14.5 Å². The molecule has 2 aromatic rings. The lowest BCUT2D eigenvalue weighted by atomic mass is 10.1. The van der Waals surface area contributed by atoms with Gasteiger partial charge in [-0.1, -0.05) is 48.5 Å². The molecule has 2 aromatic carbocycles. The highest BCUT2D eigenvalue weighted by atomic mass is 16.3. The maximum Gasteiger partial charge on any atom is 0.301 e. The van der Waals surface area contributed by atoms with E-state index in [9.17, 15) is 19.8 Å². The predicted molar refractivity (Wildman–Crippen MR) is 80.9 cm³/mol. The average molecular weight is 295 g/mol. The van der Waals surface area contributed by atoms with E-state index < -0.39 is 17.9 Å². The van der Waals surface area contributed by atoms with E-state index in [1.54, 1.807) is 60.7 Å². The lowest BCUT2D eigenvalue weighted by molar-refractivity contribution is -0.132. The number of amides is 1. The van der Waals surface area contributed by atoms with Crippen molar-refractivity contribution in [3.63, 3.8) is 0 Å². The molecule has 1 fully saturated rings. The number of carbonyl (C=O) groups excluding carboxylic acids is 2. The van der Waals surface area contributed by atoms with E-state index in [4.69, 9.17) is 0 Å². The van der Waals surface area contributed by atoms with E-state index >= 15 is 0 Å². The number of hydrogen-bond acceptors (Lipinski definition) is 4. The SMILES string of the molecule is O=C1C(=O)N(c2ccccc2)C(O)/C1=C(/O)c1ccccc1. The summed E-state index contributed by atoms with van der Waals surface area (Å²) in [7, 11) is 0. The van der Waals surface area contributed by atoms with Gasteiger partial charge < -0.3 is 10.2 Å². The van der Waals surface area contributed by atoms with Gasteiger partial charge in [0.25, 0.3) is 5.78 Å². The number of anilines is 1. The molecule has 110 valence electrons. The van der Waals surface area contributed by atoms with E-state index in [0.29, 0.717) is 11.3 Å². The van der Waals surface area contributed by atoms with Gasteiger partial charge in [-0.05, 0) is 12.1 Å². The lowest BCUT2D eigenvalue weighted by Crippen LogP contribution is -2.33. The number of aliphatic hydroxyl groups is 2. The topological polar surface area (TPSA) is 77.8 Å². The fraction of sp³-hybridized carbons (Fsp3) is 0.0588. The Morgan fingerprint density at radius 2 is 1.45 bits per heavy atom. The Morgan fingerprint density at radius 1 is 0.909 bits per heavy atom. The smallest absolute Gasteiger partial charge is 0.301 e. The summed E-state index contributed by atoms with van der Waals surface area (Å²) in [6, 6.07) is 16.7. The molecule has 1 saturated heterocycles. The van der Waals surface area contributed by atoms with Crippen LogP contribution in [0, 0.1) is 0 Å². The van der Waals surface area contributed by atoms with Gasteiger partial charge in [-0.2, -0.15) is 0 Å². The van der Waals surface area contributed by atoms with Gasteiger partial charge >= 0.3 is 5.91 Å². The van der Waals surface area contributed by atoms with Crippen molar-refractivity contribution in [3.05, 3.63) is 71.8 Å². The van der Waals surface area contributed by atoms with Gasteiger partial charge in [-0.25, -0.2) is 0 Å². The monoisotopic (exact) mass is 295 g/mol. The first-order chi connectivity index (χ1) is 10.6. The Kier molecular flexibility index (Phi) is 3.48. The second-order valence-electron chi connectivity index (χ2n) is 4.84. The Labute approximate surface area is 126 Å². The maximum absolute atomic E-state index is 12.1. The standard InChI is InChI=1S/C17H13NO4/c19-14(11-7-3-1-4-8-11)13-15(20)17(22)18(16(13)21)12-9-5-2-6-10-12/h1-10,16,19,21H/b14-13+. The Bertz CT molecular complexity index is 753. The minimum atomic E-state index is -1.51. The van der Waals surface area contributed by atoms with Crippen LogP contribution in [-0.2, 0) is 9.59 Å². The third kappa shape index (κ3) is 2.17. The highest BCUT2D eigenvalue weighted by molar-refractivity contribution is 6.51. The van der Waals surface area contributed by atoms with Crippen molar-refractivity contribution < 1.29 is 19.8 Å². The van der Waals surface area contributed by atoms with Crippen molar-refractivity contribution in [2.24, 2.45) is 0 Å². The van der Waals surface area contributed by atoms with E-state index in [1.165, 1.54) is 0 Å². The molecule has 1 aliphatic heterocycles. The molecule has 0 bridgehead atoms. The van der Waals surface area contributed by atoms with Crippen LogP contribution in [0.15, 0.2) is 66.2 Å². The average Bonchev–Trinajstić information content (AvgIpc) is 2.78. The normalized spacial score (nSPS) is 20.4. The number of benzene rings is 2. The van der Waals surface area contributed by atoms with Crippen LogP contribution in [0.3, 0.4) is 0 Å². The number of aliphatic hydroxyl groups excluding tert-OH is 2. The second kappa shape index (κ2) is 5.46. The molecule has 0 saturated carbocycles. The van der Waals surface area contributed by atoms with Gasteiger partial charge in [0.05, 0.1) is 5.57 Å². The largest absolute Gasteiger partial charge is 0.507 e. The van der Waals surface area contributed by atoms with Crippen molar-refractivity contribution in [1.82, 2.24) is 0 Å². The Balaban J connectivity index is 2.08. The van der Waals surface area contributed by atoms with Crippen molar-refractivity contribution in [2.45, 2.75) is 6.23 Å². The predicted octanol–water partition coefficient (Wildman–Crippen LogP) is 1.89. The molecule has 5 nitrogen and oxygen atoms in total. The molecule has 5 heteroatoms. The van der Waals surface area contributed by atoms with Gasteiger partial charge in [0.15, 0.2) is 6.23 Å². The summed E-state index contributed by atoms with van der Waals surface area (Å²) >= 11 is 0. The number of nitrogens with zero attached hydrogens (tertiary/aromatic N) is 1. The number of hydrogen-bond donors (Lipinski definition) is 2. The maximum atomic E-state index is 12.1. The van der Waals surface area contributed by atoms with E-state index in [1.807, 2.05) is 0 Å². The van der Waals surface area contributed by atoms with Crippen LogP contribution in [0.4, 0.5) is 5.69 Å². The van der Waals surface area contributed by atoms with Crippen LogP contribution in [0.1, 0.15) is 5.56 Å². The molecular formula is C17H13NO4. The molecule has 0 aromatic heterocycles. The summed E-state index contributed by atoms with van der Waals surface area (Å²) < 4.78 is 0. The molecule has 1 atom stereocenters. The van der Waals surface area contributed by atoms with Crippen LogP contribution in [-0.4, -0.2) is 28.1 Å². The fourth-order valence-electron chi connectivity index (χ4n) is 2.41. The van der Waals surface area contributed by atoms with Crippen molar-refractivity contribution >= 4 is 23.1 Å². The van der Waals surface area contributed by atoms with Crippen LogP contribution < -0.4 is 4.90 Å². The summed E-state index contributed by atoms with van der Waals surface area (Å²) in [5.74, 6) is -2.15. The van der Waals surface area contributed by atoms with Crippen LogP contribution >= 0.6 is 0 Å². The molecule has 0 spiro atoms. The first-order valence-electron chi connectivity index (χ1n) is 6.71. The number of rotatable bonds is 2. The number of carbonyl (C=O) groups is 2. The van der Waals surface area contributed by atoms with Gasteiger partial charge in [0, 0.05) is 11.3 Å². The first kappa shape index (κ1) is 14.0. The molecule has 3 rings (SSSR count). The number of para-hydroxylation sites is 1. The van der Waals surface area contributed by atoms with Gasteiger partial charge in [-0.15, -0.1) is 0 Å². The summed E-state index contributed by atoms with van der Waals surface area (Å²) in [5.41, 5.74) is 0.455. The van der Waals surface area contributed by atoms with Crippen molar-refractivity contribution in [2.75, 3.05) is 4.90 Å². The first-order valence-corrected chi connectivity index (χ1v) is 6.71. The van der Waals surface area contributed by atoms with Crippen molar-refractivity contribution in [1.29, 1.82) is 0 Å². The molecule has 1 aliphatic rings. The Morgan fingerprint density at radius 3 is 2.05 bits per heavy atom. The van der Waals surface area contributed by atoms with Gasteiger partial charge in [0.2, 0.25) is 0 Å². The number of ketones is 1. The highest BCUT2D eigenvalue weighted by Gasteiger charge is 2.45. The minimum Gasteiger partial charge on any atom is -0.507 e. The molecule has 2 N–H and O–H groups in total. The summed E-state index contributed by atoms with van der Waals surface area (Å²) in [5, 5.41) is 20.6. The molecule has 1 heterocycles. The molecule has 22 heavy (non-hydrogen) atoms. The van der Waals surface area contributed by atoms with E-state index in [2.05, 4.69) is 0 Å². The summed E-state index contributed by atoms with van der Waals surface area (Å²) in [4.78, 5) is 25.2. The molecular weight excluding hydrogens is 282 g/mol. The van der Waals surface area contributed by atoms with E-state index in [0.717, 1.165) is 4.90 Å². The number of Topliss-reactive ketones (excluding diaryl/α,β-unsaturated/α-hetero) is 1. The molecule has 1 unspecified atom stereocenters.